The molecule has 1 heterocycles. The number of rotatable bonds is 6. The minimum atomic E-state index is 0.0538. The van der Waals surface area contributed by atoms with E-state index >= 15 is 0 Å². The third kappa shape index (κ3) is 4.30. The maximum absolute atomic E-state index is 12.3. The van der Waals surface area contributed by atoms with Gasteiger partial charge in [-0.3, -0.25) is 4.79 Å². The van der Waals surface area contributed by atoms with Crippen LogP contribution in [0, 0.1) is 5.92 Å². The molecule has 3 nitrogen and oxygen atoms in total. The van der Waals surface area contributed by atoms with Crippen molar-refractivity contribution >= 4 is 5.91 Å². The average molecular weight is 240 g/mol. The quantitative estimate of drug-likeness (QED) is 0.773. The molecule has 0 aromatic carbocycles. The highest BCUT2D eigenvalue weighted by molar-refractivity contribution is 5.82. The lowest BCUT2D eigenvalue weighted by Crippen LogP contribution is -2.53. The second-order valence-corrected chi connectivity index (χ2v) is 5.48. The zero-order valence-electron chi connectivity index (χ0n) is 11.8. The third-order valence-electron chi connectivity index (χ3n) is 3.70. The highest BCUT2D eigenvalue weighted by Crippen LogP contribution is 2.17. The first-order chi connectivity index (χ1) is 8.08. The Labute approximate surface area is 106 Å². The summed E-state index contributed by atoms with van der Waals surface area (Å²) in [5, 5.41) is 3.38. The molecule has 0 aromatic heterocycles. The SMILES string of the molecule is CCC(CC)CN1CCCC(NC(C)C)C1=O. The molecule has 1 aliphatic rings. The van der Waals surface area contributed by atoms with Crippen molar-refractivity contribution in [3.05, 3.63) is 0 Å². The molecule has 0 radical (unpaired) electrons. The number of amides is 1. The van der Waals surface area contributed by atoms with Gasteiger partial charge in [0, 0.05) is 19.1 Å². The van der Waals surface area contributed by atoms with Crippen LogP contribution in [0.3, 0.4) is 0 Å². The monoisotopic (exact) mass is 240 g/mol. The Kier molecular flexibility index (Phi) is 5.96. The van der Waals surface area contributed by atoms with E-state index in [9.17, 15) is 4.79 Å². The summed E-state index contributed by atoms with van der Waals surface area (Å²) in [6.07, 6.45) is 4.47. The summed E-state index contributed by atoms with van der Waals surface area (Å²) in [6.45, 7) is 10.5. The van der Waals surface area contributed by atoms with Gasteiger partial charge in [0.15, 0.2) is 0 Å². The number of hydrogen-bond donors (Lipinski definition) is 1. The lowest BCUT2D eigenvalue weighted by atomic mass is 9.99. The predicted octanol–water partition coefficient (Wildman–Crippen LogP) is 2.41. The predicted molar refractivity (Wildman–Crippen MR) is 71.9 cm³/mol. The van der Waals surface area contributed by atoms with Gasteiger partial charge in [-0.1, -0.05) is 40.5 Å². The van der Waals surface area contributed by atoms with E-state index in [0.717, 1.165) is 25.9 Å². The zero-order valence-corrected chi connectivity index (χ0v) is 11.8. The molecule has 0 bridgehead atoms. The van der Waals surface area contributed by atoms with Gasteiger partial charge in [-0.05, 0) is 18.8 Å². The Morgan fingerprint density at radius 1 is 1.35 bits per heavy atom. The van der Waals surface area contributed by atoms with Crippen LogP contribution in [0.4, 0.5) is 0 Å². The summed E-state index contributed by atoms with van der Waals surface area (Å²) in [6, 6.07) is 0.440. The molecule has 1 saturated heterocycles. The second-order valence-electron chi connectivity index (χ2n) is 5.48. The Hall–Kier alpha value is -0.570. The summed E-state index contributed by atoms with van der Waals surface area (Å²) in [5.74, 6) is 0.980. The number of nitrogens with zero attached hydrogens (tertiary/aromatic N) is 1. The van der Waals surface area contributed by atoms with Gasteiger partial charge >= 0.3 is 0 Å². The van der Waals surface area contributed by atoms with Crippen molar-refractivity contribution < 1.29 is 4.79 Å². The molecule has 0 spiro atoms. The molecule has 1 N–H and O–H groups in total. The molecule has 1 fully saturated rings. The summed E-state index contributed by atoms with van der Waals surface area (Å²) >= 11 is 0. The third-order valence-corrected chi connectivity index (χ3v) is 3.70. The largest absolute Gasteiger partial charge is 0.341 e. The van der Waals surface area contributed by atoms with Crippen LogP contribution in [0.1, 0.15) is 53.4 Å². The summed E-state index contributed by atoms with van der Waals surface area (Å²) in [7, 11) is 0. The molecule has 100 valence electrons. The van der Waals surface area contributed by atoms with Gasteiger partial charge in [-0.15, -0.1) is 0 Å². The van der Waals surface area contributed by atoms with Crippen LogP contribution in [-0.4, -0.2) is 36.0 Å². The first-order valence-corrected chi connectivity index (χ1v) is 7.13. The Balaban J connectivity index is 2.52. The maximum atomic E-state index is 12.3. The van der Waals surface area contributed by atoms with Crippen molar-refractivity contribution in [1.29, 1.82) is 0 Å². The van der Waals surface area contributed by atoms with Crippen molar-refractivity contribution in [2.45, 2.75) is 65.5 Å². The molecule has 1 atom stereocenters. The number of nitrogens with one attached hydrogen (secondary N) is 1. The van der Waals surface area contributed by atoms with E-state index < -0.39 is 0 Å². The lowest BCUT2D eigenvalue weighted by Gasteiger charge is -2.35. The van der Waals surface area contributed by atoms with E-state index in [1.807, 2.05) is 0 Å². The summed E-state index contributed by atoms with van der Waals surface area (Å²) < 4.78 is 0. The van der Waals surface area contributed by atoms with Gasteiger partial charge in [-0.25, -0.2) is 0 Å². The fourth-order valence-corrected chi connectivity index (χ4v) is 2.54. The first-order valence-electron chi connectivity index (χ1n) is 7.13. The molecule has 1 rings (SSSR count). The van der Waals surface area contributed by atoms with E-state index in [1.54, 1.807) is 0 Å². The number of carbonyl (C=O) groups excluding carboxylic acids is 1. The van der Waals surface area contributed by atoms with Crippen LogP contribution in [-0.2, 0) is 4.79 Å². The second kappa shape index (κ2) is 7.00. The standard InChI is InChI=1S/C14H28N2O/c1-5-12(6-2)10-16-9-7-8-13(14(16)17)15-11(3)4/h11-13,15H,5-10H2,1-4H3. The van der Waals surface area contributed by atoms with E-state index in [-0.39, 0.29) is 6.04 Å². The van der Waals surface area contributed by atoms with Crippen LogP contribution in [0.2, 0.25) is 0 Å². The molecule has 0 aromatic rings. The summed E-state index contributed by atoms with van der Waals surface area (Å²) in [4.78, 5) is 14.4. The molecule has 0 aliphatic carbocycles. The van der Waals surface area contributed by atoms with Gasteiger partial charge in [0.25, 0.3) is 0 Å². The van der Waals surface area contributed by atoms with Crippen LogP contribution < -0.4 is 5.32 Å². The van der Waals surface area contributed by atoms with Crippen molar-refractivity contribution in [1.82, 2.24) is 10.2 Å². The van der Waals surface area contributed by atoms with E-state index in [2.05, 4.69) is 37.9 Å². The van der Waals surface area contributed by atoms with Gasteiger partial charge in [0.1, 0.15) is 0 Å². The normalized spacial score (nSPS) is 21.6. The van der Waals surface area contributed by atoms with Crippen LogP contribution in [0.15, 0.2) is 0 Å². The van der Waals surface area contributed by atoms with Crippen LogP contribution in [0.5, 0.6) is 0 Å². The van der Waals surface area contributed by atoms with E-state index in [4.69, 9.17) is 0 Å². The van der Waals surface area contributed by atoms with Gasteiger partial charge in [0.2, 0.25) is 5.91 Å². The Morgan fingerprint density at radius 3 is 2.53 bits per heavy atom. The minimum Gasteiger partial charge on any atom is -0.341 e. The Morgan fingerprint density at radius 2 is 2.00 bits per heavy atom. The number of carbonyl (C=O) groups is 1. The van der Waals surface area contributed by atoms with Crippen molar-refractivity contribution in [3.8, 4) is 0 Å². The van der Waals surface area contributed by atoms with Crippen LogP contribution >= 0.6 is 0 Å². The smallest absolute Gasteiger partial charge is 0.239 e. The average Bonchev–Trinajstić information content (AvgIpc) is 2.30. The molecule has 17 heavy (non-hydrogen) atoms. The van der Waals surface area contributed by atoms with Crippen LogP contribution in [0.25, 0.3) is 0 Å². The number of piperidine rings is 1. The topological polar surface area (TPSA) is 32.3 Å². The molecule has 1 aliphatic heterocycles. The highest BCUT2D eigenvalue weighted by Gasteiger charge is 2.29. The van der Waals surface area contributed by atoms with E-state index in [0.29, 0.717) is 17.9 Å². The molecular formula is C14H28N2O. The van der Waals surface area contributed by atoms with Crippen molar-refractivity contribution in [2.75, 3.05) is 13.1 Å². The van der Waals surface area contributed by atoms with Crippen molar-refractivity contribution in [3.63, 3.8) is 0 Å². The number of hydrogen-bond acceptors (Lipinski definition) is 2. The van der Waals surface area contributed by atoms with Gasteiger partial charge < -0.3 is 10.2 Å². The number of likely N-dealkylation sites (tertiary alicyclic amines) is 1. The zero-order chi connectivity index (χ0) is 12.8. The Bertz CT molecular complexity index is 236. The molecule has 3 heteroatoms. The van der Waals surface area contributed by atoms with Gasteiger partial charge in [-0.2, -0.15) is 0 Å². The summed E-state index contributed by atoms with van der Waals surface area (Å²) in [5.41, 5.74) is 0. The minimum absolute atomic E-state index is 0.0538. The maximum Gasteiger partial charge on any atom is 0.239 e. The van der Waals surface area contributed by atoms with E-state index in [1.165, 1.54) is 12.8 Å². The molecule has 0 saturated carbocycles. The fourth-order valence-electron chi connectivity index (χ4n) is 2.54. The molecule has 1 unspecified atom stereocenters. The van der Waals surface area contributed by atoms with Gasteiger partial charge in [0.05, 0.1) is 6.04 Å². The fraction of sp³-hybridized carbons (Fsp3) is 0.929. The molecular weight excluding hydrogens is 212 g/mol. The first kappa shape index (κ1) is 14.5. The molecule has 1 amide bonds. The lowest BCUT2D eigenvalue weighted by molar-refractivity contribution is -0.136. The highest BCUT2D eigenvalue weighted by atomic mass is 16.2. The van der Waals surface area contributed by atoms with Crippen molar-refractivity contribution in [2.24, 2.45) is 5.92 Å².